The zero-order valence-corrected chi connectivity index (χ0v) is 8.11. The zero-order chi connectivity index (χ0) is 10.2. The van der Waals surface area contributed by atoms with Crippen molar-refractivity contribution in [3.8, 4) is 0 Å². The predicted molar refractivity (Wildman–Crippen MR) is 46.2 cm³/mol. The molecule has 0 saturated heterocycles. The van der Waals surface area contributed by atoms with Crippen molar-refractivity contribution >= 4 is 0 Å². The summed E-state index contributed by atoms with van der Waals surface area (Å²) in [5, 5.41) is 2.41. The molecule has 3 nitrogen and oxygen atoms in total. The minimum atomic E-state index is -2.78. The Hall–Kier alpha value is -0.260. The van der Waals surface area contributed by atoms with Crippen molar-refractivity contribution in [2.45, 2.75) is 12.3 Å². The maximum Gasteiger partial charge on any atom is 0.283 e. The molecule has 0 rings (SSSR count). The van der Waals surface area contributed by atoms with Crippen LogP contribution in [0.1, 0.15) is 6.42 Å². The molecule has 1 N–H and O–H groups in total. The van der Waals surface area contributed by atoms with Crippen LogP contribution in [0, 0.1) is 0 Å². The first-order valence-corrected chi connectivity index (χ1v) is 4.21. The lowest BCUT2D eigenvalue weighted by Gasteiger charge is -2.15. The Morgan fingerprint density at radius 1 is 1.31 bits per heavy atom. The van der Waals surface area contributed by atoms with Gasteiger partial charge in [-0.25, -0.2) is 8.78 Å². The second kappa shape index (κ2) is 7.17. The van der Waals surface area contributed by atoms with E-state index in [9.17, 15) is 8.78 Å². The maximum atomic E-state index is 12.7. The first kappa shape index (κ1) is 12.7. The molecule has 0 unspecified atom stereocenters. The van der Waals surface area contributed by atoms with Crippen LogP contribution in [0.4, 0.5) is 8.78 Å². The second-order valence-electron chi connectivity index (χ2n) is 2.79. The Bertz CT molecular complexity index is 123. The molecule has 0 spiro atoms. The molecular formula is C8H17F2NO2. The van der Waals surface area contributed by atoms with Crippen LogP contribution in [0.15, 0.2) is 0 Å². The molecule has 0 aromatic carbocycles. The molecule has 0 aliphatic carbocycles. The minimum Gasteiger partial charge on any atom is -0.385 e. The molecule has 80 valence electrons. The van der Waals surface area contributed by atoms with E-state index in [-0.39, 0.29) is 6.54 Å². The second-order valence-corrected chi connectivity index (χ2v) is 2.79. The minimum absolute atomic E-state index is 0.313. The normalized spacial score (nSPS) is 12.0. The number of hydrogen-bond acceptors (Lipinski definition) is 3. The smallest absolute Gasteiger partial charge is 0.283 e. The van der Waals surface area contributed by atoms with Gasteiger partial charge in [0.25, 0.3) is 5.92 Å². The molecule has 0 aromatic heterocycles. The molecule has 0 amide bonds. The van der Waals surface area contributed by atoms with Crippen molar-refractivity contribution in [3.05, 3.63) is 0 Å². The van der Waals surface area contributed by atoms with E-state index in [1.54, 1.807) is 7.11 Å². The summed E-state index contributed by atoms with van der Waals surface area (Å²) in [7, 11) is 3.05. The average molecular weight is 197 g/mol. The van der Waals surface area contributed by atoms with E-state index in [0.29, 0.717) is 19.6 Å². The van der Waals surface area contributed by atoms with Crippen LogP contribution < -0.4 is 5.32 Å². The number of ether oxygens (including phenoxy) is 2. The fraction of sp³-hybridized carbons (Fsp3) is 1.00. The summed E-state index contributed by atoms with van der Waals surface area (Å²) in [6.07, 6.45) is 0.645. The Labute approximate surface area is 77.4 Å². The van der Waals surface area contributed by atoms with Gasteiger partial charge in [-0.05, 0) is 13.5 Å². The summed E-state index contributed by atoms with van der Waals surface area (Å²) in [6.45, 7) is -0.0282. The molecule has 0 aliphatic heterocycles. The van der Waals surface area contributed by atoms with Crippen LogP contribution in [0.25, 0.3) is 0 Å². The third-order valence-corrected chi connectivity index (χ3v) is 1.39. The van der Waals surface area contributed by atoms with Crippen LogP contribution in [0.3, 0.4) is 0 Å². The first-order valence-electron chi connectivity index (χ1n) is 4.21. The monoisotopic (exact) mass is 197 g/mol. The first-order chi connectivity index (χ1) is 6.12. The maximum absolute atomic E-state index is 12.7. The van der Waals surface area contributed by atoms with E-state index in [1.807, 2.05) is 0 Å². The van der Waals surface area contributed by atoms with E-state index in [2.05, 4.69) is 5.32 Å². The largest absolute Gasteiger partial charge is 0.385 e. The quantitative estimate of drug-likeness (QED) is 0.586. The van der Waals surface area contributed by atoms with Gasteiger partial charge in [0.2, 0.25) is 0 Å². The van der Waals surface area contributed by atoms with Gasteiger partial charge < -0.3 is 14.8 Å². The third kappa shape index (κ3) is 8.08. The van der Waals surface area contributed by atoms with Gasteiger partial charge in [0.1, 0.15) is 6.61 Å². The average Bonchev–Trinajstić information content (AvgIpc) is 2.04. The van der Waals surface area contributed by atoms with Gasteiger partial charge in [-0.3, -0.25) is 0 Å². The van der Waals surface area contributed by atoms with Gasteiger partial charge in [-0.1, -0.05) is 0 Å². The molecular weight excluding hydrogens is 180 g/mol. The predicted octanol–water partition coefficient (Wildman–Crippen LogP) is 0.894. The van der Waals surface area contributed by atoms with Gasteiger partial charge >= 0.3 is 0 Å². The van der Waals surface area contributed by atoms with Crippen LogP contribution in [0.2, 0.25) is 0 Å². The van der Waals surface area contributed by atoms with E-state index in [0.717, 1.165) is 0 Å². The Morgan fingerprint density at radius 2 is 2.00 bits per heavy atom. The summed E-state index contributed by atoms with van der Waals surface area (Å²) in [4.78, 5) is 0. The van der Waals surface area contributed by atoms with Crippen molar-refractivity contribution in [1.82, 2.24) is 5.32 Å². The van der Waals surface area contributed by atoms with Gasteiger partial charge in [0, 0.05) is 20.3 Å². The molecule has 0 saturated carbocycles. The standard InChI is InChI=1S/C8H17F2NO2/c1-11-6-8(9,10)7-13-5-3-4-12-2/h11H,3-7H2,1-2H3. The molecule has 0 heterocycles. The Morgan fingerprint density at radius 3 is 2.54 bits per heavy atom. The third-order valence-electron chi connectivity index (χ3n) is 1.39. The number of nitrogens with one attached hydrogen (secondary N) is 1. The van der Waals surface area contributed by atoms with Crippen molar-refractivity contribution in [1.29, 1.82) is 0 Å². The summed E-state index contributed by atoms with van der Waals surface area (Å²) < 4.78 is 35.0. The molecule has 5 heteroatoms. The van der Waals surface area contributed by atoms with Crippen molar-refractivity contribution in [3.63, 3.8) is 0 Å². The van der Waals surface area contributed by atoms with E-state index in [1.165, 1.54) is 7.05 Å². The number of hydrogen-bond donors (Lipinski definition) is 1. The fourth-order valence-electron chi connectivity index (χ4n) is 0.836. The van der Waals surface area contributed by atoms with E-state index >= 15 is 0 Å². The van der Waals surface area contributed by atoms with Crippen molar-refractivity contribution < 1.29 is 18.3 Å². The summed E-state index contributed by atoms with van der Waals surface area (Å²) in [5.41, 5.74) is 0. The van der Waals surface area contributed by atoms with Crippen LogP contribution in [0.5, 0.6) is 0 Å². The number of methoxy groups -OCH3 is 1. The fourth-order valence-corrected chi connectivity index (χ4v) is 0.836. The van der Waals surface area contributed by atoms with Gasteiger partial charge in [0.05, 0.1) is 6.54 Å². The van der Waals surface area contributed by atoms with Crippen LogP contribution >= 0.6 is 0 Å². The van der Waals surface area contributed by atoms with Crippen LogP contribution in [-0.2, 0) is 9.47 Å². The molecule has 0 aromatic rings. The van der Waals surface area contributed by atoms with Gasteiger partial charge in [0.15, 0.2) is 0 Å². The molecule has 0 aliphatic rings. The molecule has 0 atom stereocenters. The highest BCUT2D eigenvalue weighted by atomic mass is 19.3. The van der Waals surface area contributed by atoms with Gasteiger partial charge in [-0.2, -0.15) is 0 Å². The molecule has 0 fully saturated rings. The highest BCUT2D eigenvalue weighted by Crippen LogP contribution is 2.11. The summed E-state index contributed by atoms with van der Waals surface area (Å²) >= 11 is 0. The number of halogens is 2. The van der Waals surface area contributed by atoms with E-state index < -0.39 is 12.5 Å². The van der Waals surface area contributed by atoms with E-state index in [4.69, 9.17) is 9.47 Å². The van der Waals surface area contributed by atoms with Crippen molar-refractivity contribution in [2.75, 3.05) is 40.5 Å². The van der Waals surface area contributed by atoms with Crippen molar-refractivity contribution in [2.24, 2.45) is 0 Å². The molecule has 0 bridgehead atoms. The summed E-state index contributed by atoms with van der Waals surface area (Å²) in [5.74, 6) is -2.78. The van der Waals surface area contributed by atoms with Gasteiger partial charge in [-0.15, -0.1) is 0 Å². The highest BCUT2D eigenvalue weighted by Gasteiger charge is 2.27. The SMILES string of the molecule is CNCC(F)(F)COCCCOC. The zero-order valence-electron chi connectivity index (χ0n) is 8.11. The lowest BCUT2D eigenvalue weighted by Crippen LogP contribution is -2.35. The summed E-state index contributed by atoms with van der Waals surface area (Å²) in [6, 6.07) is 0. The van der Waals surface area contributed by atoms with Crippen LogP contribution in [-0.4, -0.2) is 46.4 Å². The topological polar surface area (TPSA) is 30.5 Å². The number of rotatable bonds is 8. The number of alkyl halides is 2. The lowest BCUT2D eigenvalue weighted by molar-refractivity contribution is -0.0755. The molecule has 0 radical (unpaired) electrons. The lowest BCUT2D eigenvalue weighted by atomic mass is 10.3. The molecule has 13 heavy (non-hydrogen) atoms. The highest BCUT2D eigenvalue weighted by molar-refractivity contribution is 4.66. The Balaban J connectivity index is 3.29. The Kier molecular flexibility index (Phi) is 7.03.